The first kappa shape index (κ1) is 5.32. The fourth-order valence-electron chi connectivity index (χ4n) is 0. The Morgan fingerprint density at radius 3 is 0.800 bits per heavy atom. The highest BCUT2D eigenvalue weighted by Crippen LogP contribution is 1.62. The van der Waals surface area contributed by atoms with Gasteiger partial charge in [-0.2, -0.15) is 5.71 Å². The van der Waals surface area contributed by atoms with Gasteiger partial charge in [0, 0.05) is 0 Å². The van der Waals surface area contributed by atoms with Gasteiger partial charge < -0.3 is 0 Å². The second-order valence-corrected chi connectivity index (χ2v) is 1.15. The lowest BCUT2D eigenvalue weighted by atomic mass is 8.81. The largest absolute Gasteiger partial charge is 0.209 e. The molecule has 0 amide bonds. The Morgan fingerprint density at radius 1 is 0.800 bits per heavy atom. The van der Waals surface area contributed by atoms with Crippen molar-refractivity contribution >= 4 is 36.7 Å². The zero-order valence-corrected chi connectivity index (χ0v) is 2.89. The van der Waals surface area contributed by atoms with Gasteiger partial charge in [0.25, 0.3) is 0 Å². The monoisotopic (exact) mass is 55.0 g/mol. The van der Waals surface area contributed by atoms with Gasteiger partial charge in [0.05, 0.1) is 0 Å². The predicted octanol–water partition coefficient (Wildman–Crippen LogP) is -1.90. The zero-order chi connectivity index (χ0) is 4.50. The van der Waals surface area contributed by atoms with Gasteiger partial charge in [-0.25, -0.2) is 30.9 Å². The van der Waals surface area contributed by atoms with E-state index < -0.39 is 5.71 Å². The topological polar surface area (TPSA) is 0 Å². The molecule has 0 aromatic carbocycles. The molecule has 5 heteroatoms. The van der Waals surface area contributed by atoms with Gasteiger partial charge in [-0.3, -0.25) is 0 Å². The van der Waals surface area contributed by atoms with Crippen LogP contribution in [-0.2, 0) is 0 Å². The quantitative estimate of drug-likeness (QED) is 0.283. The molecule has 8 radical (unpaired) electrons. The summed E-state index contributed by atoms with van der Waals surface area (Å²) in [5, 5.41) is 0. The Labute approximate surface area is 37.6 Å². The van der Waals surface area contributed by atoms with Crippen molar-refractivity contribution in [1.82, 2.24) is 0 Å². The summed E-state index contributed by atoms with van der Waals surface area (Å²) in [4.78, 5) is 0. The molecule has 0 atom stereocenters. The Morgan fingerprint density at radius 2 is 0.800 bits per heavy atom. The van der Waals surface area contributed by atoms with E-state index in [4.69, 9.17) is 30.9 Å². The number of hydrogen-bond donors (Lipinski definition) is 0. The van der Waals surface area contributed by atoms with Gasteiger partial charge in [-0.15, -0.1) is 0 Å². The van der Waals surface area contributed by atoms with Gasteiger partial charge in [0.15, 0.2) is 0 Å². The summed E-state index contributed by atoms with van der Waals surface area (Å²) in [7, 11) is 19.0. The van der Waals surface area contributed by atoms with Crippen LogP contribution < -0.4 is 0 Å². The first-order valence-corrected chi connectivity index (χ1v) is 1.33. The number of rotatable bonds is 0. The first-order valence-electron chi connectivity index (χ1n) is 1.33. The molecule has 0 aliphatic carbocycles. The van der Waals surface area contributed by atoms with E-state index in [1.165, 1.54) is 0 Å². The lowest BCUT2D eigenvalue weighted by Gasteiger charge is -2.18. The summed E-state index contributed by atoms with van der Waals surface area (Å²) in [5.41, 5.74) is -2.00. The third kappa shape index (κ3) is 222. The van der Waals surface area contributed by atoms with Crippen molar-refractivity contribution < 1.29 is 0 Å². The summed E-state index contributed by atoms with van der Waals surface area (Å²) in [5.74, 6) is 0. The average Bonchev–Trinajstić information content (AvgIpc) is 0.722. The van der Waals surface area contributed by atoms with Crippen LogP contribution in [0.2, 0.25) is 0 Å². The van der Waals surface area contributed by atoms with E-state index >= 15 is 0 Å². The van der Waals surface area contributed by atoms with E-state index in [0.29, 0.717) is 0 Å². The van der Waals surface area contributed by atoms with Crippen LogP contribution in [-0.4, -0.2) is 36.7 Å². The third-order valence-electron chi connectivity index (χ3n) is 0. The SMILES string of the molecule is [B][B-]([B])([B])[B]. The highest BCUT2D eigenvalue weighted by molar-refractivity contribution is 7.76. The van der Waals surface area contributed by atoms with E-state index in [1.807, 2.05) is 0 Å². The molecule has 5 heavy (non-hydrogen) atoms. The van der Waals surface area contributed by atoms with Crippen molar-refractivity contribution in [3.05, 3.63) is 0 Å². The van der Waals surface area contributed by atoms with E-state index in [9.17, 15) is 0 Å². The van der Waals surface area contributed by atoms with Crippen LogP contribution >= 0.6 is 0 Å². The van der Waals surface area contributed by atoms with Crippen LogP contribution in [0.4, 0.5) is 0 Å². The summed E-state index contributed by atoms with van der Waals surface area (Å²) < 4.78 is 0. The van der Waals surface area contributed by atoms with Crippen LogP contribution in [0, 0.1) is 0 Å². The molecule has 16 valence electrons. The smallest absolute Gasteiger partial charge is 0.162 e. The maximum Gasteiger partial charge on any atom is -0.162 e. The molecule has 0 unspecified atom stereocenters. The highest BCUT2D eigenvalue weighted by atomic mass is 12.8. The van der Waals surface area contributed by atoms with Crippen LogP contribution in [0.15, 0.2) is 0 Å². The minimum absolute atomic E-state index is 2.00. The van der Waals surface area contributed by atoms with E-state index in [1.54, 1.807) is 0 Å². The van der Waals surface area contributed by atoms with Crippen LogP contribution in [0.25, 0.3) is 0 Å². The molecule has 0 aromatic rings. The molecular weight excluding hydrogens is 54.1 g/mol. The predicted molar refractivity (Wildman–Crippen MR) is 28.8 cm³/mol. The average molecular weight is 54.1 g/mol. The summed E-state index contributed by atoms with van der Waals surface area (Å²) in [6.07, 6.45) is 0. The lowest BCUT2D eigenvalue weighted by molar-refractivity contribution is 3.76. The van der Waals surface area contributed by atoms with Gasteiger partial charge in [0.2, 0.25) is 0 Å². The van der Waals surface area contributed by atoms with Gasteiger partial charge in [-0.05, 0) is 0 Å². The Bertz CT molecular complexity index is 15.5. The Hall–Kier alpha value is 0.325. The maximum atomic E-state index is 4.75. The van der Waals surface area contributed by atoms with Crippen LogP contribution in [0.1, 0.15) is 0 Å². The van der Waals surface area contributed by atoms with E-state index in [2.05, 4.69) is 0 Å². The molecule has 0 saturated heterocycles. The molecule has 0 saturated carbocycles. The first-order chi connectivity index (χ1) is 2.00. The molecule has 0 spiro atoms. The Balaban J connectivity index is 3.02. The standard InChI is InChI=1S/B5/c1-5(2,3)4/q-1. The third-order valence-corrected chi connectivity index (χ3v) is 0. The van der Waals surface area contributed by atoms with Crippen molar-refractivity contribution in [1.29, 1.82) is 0 Å². The van der Waals surface area contributed by atoms with Gasteiger partial charge in [0.1, 0.15) is 0 Å². The van der Waals surface area contributed by atoms with Crippen molar-refractivity contribution in [3.63, 3.8) is 0 Å². The summed E-state index contributed by atoms with van der Waals surface area (Å²) >= 11 is 0. The second-order valence-electron chi connectivity index (χ2n) is 1.15. The van der Waals surface area contributed by atoms with E-state index in [0.717, 1.165) is 0 Å². The van der Waals surface area contributed by atoms with Crippen molar-refractivity contribution in [2.24, 2.45) is 0 Å². The molecule has 0 aliphatic heterocycles. The fourth-order valence-corrected chi connectivity index (χ4v) is 0. The molecule has 0 fully saturated rings. The number of hydrogen-bond acceptors (Lipinski definition) is 0. The minimum Gasteiger partial charge on any atom is -0.209 e. The molecular formula is B5-. The zero-order valence-electron chi connectivity index (χ0n) is 2.89. The summed E-state index contributed by atoms with van der Waals surface area (Å²) in [6, 6.07) is 0. The fraction of sp³-hybridized carbons (Fsp3) is 0. The van der Waals surface area contributed by atoms with Gasteiger partial charge in [-0.1, -0.05) is 0 Å². The molecule has 0 aromatic heterocycles. The highest BCUT2D eigenvalue weighted by Gasteiger charge is 1.82. The molecule has 0 heterocycles. The van der Waals surface area contributed by atoms with E-state index in [-0.39, 0.29) is 0 Å². The maximum absolute atomic E-state index is 4.75. The van der Waals surface area contributed by atoms with Crippen LogP contribution in [0.3, 0.4) is 0 Å². The van der Waals surface area contributed by atoms with Crippen molar-refractivity contribution in [3.8, 4) is 0 Å². The Kier molecular flexibility index (Phi) is 1.27. The second kappa shape index (κ2) is 1.20. The summed E-state index contributed by atoms with van der Waals surface area (Å²) in [6.45, 7) is 0. The molecule has 0 nitrogen and oxygen atoms in total. The molecule has 0 N–H and O–H groups in total. The normalized spacial score (nSPS) is 11.2. The van der Waals surface area contributed by atoms with Gasteiger partial charge >= 0.3 is 0 Å². The van der Waals surface area contributed by atoms with Crippen molar-refractivity contribution in [2.45, 2.75) is 0 Å². The van der Waals surface area contributed by atoms with Crippen molar-refractivity contribution in [2.75, 3.05) is 0 Å². The molecule has 0 aliphatic rings. The van der Waals surface area contributed by atoms with Crippen LogP contribution in [0.5, 0.6) is 0 Å². The molecule has 0 rings (SSSR count). The minimum atomic E-state index is -2.00. The molecule has 0 bridgehead atoms. The lowest BCUT2D eigenvalue weighted by Crippen LogP contribution is -2.38.